The first-order chi connectivity index (χ1) is 10.2. The van der Waals surface area contributed by atoms with Crippen molar-refractivity contribution in [3.8, 4) is 17.3 Å². The molecule has 0 aliphatic carbocycles. The summed E-state index contributed by atoms with van der Waals surface area (Å²) >= 11 is 14.2. The zero-order valence-corrected chi connectivity index (χ0v) is 13.6. The number of nitrogens with one attached hydrogen (secondary N) is 2. The van der Waals surface area contributed by atoms with Gasteiger partial charge in [0.25, 0.3) is 0 Å². The minimum absolute atomic E-state index is 0.232. The highest BCUT2D eigenvalue weighted by molar-refractivity contribution is 7.99. The van der Waals surface area contributed by atoms with Gasteiger partial charge < -0.3 is 5.32 Å². The van der Waals surface area contributed by atoms with Crippen LogP contribution in [0.5, 0.6) is 0 Å². The van der Waals surface area contributed by atoms with Crippen LogP contribution in [-0.2, 0) is 0 Å². The van der Waals surface area contributed by atoms with Crippen LogP contribution in [0.15, 0.2) is 42.5 Å². The van der Waals surface area contributed by atoms with Gasteiger partial charge in [-0.2, -0.15) is 5.26 Å². The van der Waals surface area contributed by atoms with Crippen LogP contribution in [0.3, 0.4) is 0 Å². The number of anilines is 1. The van der Waals surface area contributed by atoms with Crippen molar-refractivity contribution in [1.29, 1.82) is 5.26 Å². The number of nitrogens with zero attached hydrogens (tertiary/aromatic N) is 1. The maximum Gasteiger partial charge on any atom is 0.178 e. The van der Waals surface area contributed by atoms with Gasteiger partial charge in [0, 0.05) is 11.3 Å². The average molecular weight is 338 g/mol. The van der Waals surface area contributed by atoms with Gasteiger partial charge in [0.05, 0.1) is 10.0 Å². The zero-order valence-electron chi connectivity index (χ0n) is 11.2. The van der Waals surface area contributed by atoms with Gasteiger partial charge in [-0.3, -0.25) is 5.32 Å². The van der Waals surface area contributed by atoms with E-state index < -0.39 is 0 Å². The lowest BCUT2D eigenvalue weighted by Gasteiger charge is -2.17. The summed E-state index contributed by atoms with van der Waals surface area (Å²) < 4.78 is 0. The first-order valence-corrected chi connectivity index (χ1v) is 8.18. The Morgan fingerprint density at radius 2 is 1.76 bits per heavy atom. The molecule has 0 aliphatic rings. The molecule has 0 amide bonds. The van der Waals surface area contributed by atoms with Gasteiger partial charge in [-0.05, 0) is 24.0 Å². The Hall–Kier alpha value is -1.54. The molecule has 0 bridgehead atoms. The summed E-state index contributed by atoms with van der Waals surface area (Å²) in [7, 11) is 0. The van der Waals surface area contributed by atoms with Crippen molar-refractivity contribution >= 4 is 40.7 Å². The van der Waals surface area contributed by atoms with E-state index in [1.54, 1.807) is 12.1 Å². The molecule has 0 aliphatic heterocycles. The number of rotatable bonds is 5. The molecule has 2 aromatic carbocycles. The molecule has 2 aromatic rings. The summed E-state index contributed by atoms with van der Waals surface area (Å²) in [5, 5.41) is 15.6. The average Bonchev–Trinajstić information content (AvgIpc) is 2.47. The summed E-state index contributed by atoms with van der Waals surface area (Å²) in [6.45, 7) is 0. The van der Waals surface area contributed by atoms with Gasteiger partial charge in [0.2, 0.25) is 0 Å². The van der Waals surface area contributed by atoms with E-state index >= 15 is 0 Å². The number of halogens is 2. The van der Waals surface area contributed by atoms with E-state index in [9.17, 15) is 0 Å². The third-order valence-electron chi connectivity index (χ3n) is 2.83. The van der Waals surface area contributed by atoms with Gasteiger partial charge >= 0.3 is 0 Å². The fourth-order valence-corrected chi connectivity index (χ4v) is 3.03. The molecule has 0 saturated carbocycles. The smallest absolute Gasteiger partial charge is 0.178 e. The highest BCUT2D eigenvalue weighted by atomic mass is 35.5. The number of nitriles is 1. The highest BCUT2D eigenvalue weighted by Gasteiger charge is 2.12. The van der Waals surface area contributed by atoms with E-state index in [2.05, 4.69) is 10.6 Å². The van der Waals surface area contributed by atoms with E-state index in [4.69, 9.17) is 28.5 Å². The van der Waals surface area contributed by atoms with Crippen LogP contribution >= 0.6 is 35.0 Å². The van der Waals surface area contributed by atoms with Gasteiger partial charge in [-0.25, -0.2) is 0 Å². The van der Waals surface area contributed by atoms with Crippen LogP contribution in [0, 0.1) is 11.5 Å². The first-order valence-electron chi connectivity index (χ1n) is 6.14. The molecule has 2 N–H and O–H groups in total. The number of hydrogen-bond acceptors (Lipinski definition) is 4. The van der Waals surface area contributed by atoms with E-state index in [0.717, 1.165) is 16.8 Å². The first kappa shape index (κ1) is 15.8. The van der Waals surface area contributed by atoms with Crippen LogP contribution in [-0.4, -0.2) is 11.8 Å². The van der Waals surface area contributed by atoms with Crippen molar-refractivity contribution in [2.24, 2.45) is 0 Å². The van der Waals surface area contributed by atoms with Crippen molar-refractivity contribution in [3.05, 3.63) is 52.5 Å². The van der Waals surface area contributed by atoms with Crippen molar-refractivity contribution < 1.29 is 0 Å². The SMILES string of the molecule is CSC(NC#N)Nc1cc(Cl)c(-c2ccccc2)c(Cl)c1. The fraction of sp³-hybridized carbons (Fsp3) is 0.133. The lowest BCUT2D eigenvalue weighted by Crippen LogP contribution is -2.29. The molecule has 0 radical (unpaired) electrons. The van der Waals surface area contributed by atoms with Crippen LogP contribution in [0.2, 0.25) is 10.0 Å². The quantitative estimate of drug-likeness (QED) is 0.467. The maximum absolute atomic E-state index is 8.68. The summed E-state index contributed by atoms with van der Waals surface area (Å²) in [6, 6.07) is 13.3. The molecule has 6 heteroatoms. The topological polar surface area (TPSA) is 47.9 Å². The second-order valence-electron chi connectivity index (χ2n) is 4.20. The minimum Gasteiger partial charge on any atom is -0.356 e. The molecule has 3 nitrogen and oxygen atoms in total. The predicted molar refractivity (Wildman–Crippen MR) is 91.6 cm³/mol. The number of thioether (sulfide) groups is 1. The molecule has 0 aromatic heterocycles. The number of benzene rings is 2. The normalized spacial score (nSPS) is 11.5. The lowest BCUT2D eigenvalue weighted by atomic mass is 10.1. The minimum atomic E-state index is -0.232. The Bertz CT molecular complexity index is 633. The number of hydrogen-bond donors (Lipinski definition) is 2. The van der Waals surface area contributed by atoms with E-state index in [1.165, 1.54) is 11.8 Å². The van der Waals surface area contributed by atoms with Crippen LogP contribution in [0.4, 0.5) is 5.69 Å². The van der Waals surface area contributed by atoms with Crippen molar-refractivity contribution in [2.45, 2.75) is 5.50 Å². The van der Waals surface area contributed by atoms with Crippen LogP contribution < -0.4 is 10.6 Å². The molecule has 0 heterocycles. The fourth-order valence-electron chi connectivity index (χ4n) is 1.90. The largest absolute Gasteiger partial charge is 0.356 e. The highest BCUT2D eigenvalue weighted by Crippen LogP contribution is 2.37. The second-order valence-corrected chi connectivity index (χ2v) is 5.95. The molecule has 1 unspecified atom stereocenters. The zero-order chi connectivity index (χ0) is 15.2. The van der Waals surface area contributed by atoms with E-state index in [-0.39, 0.29) is 5.50 Å². The molecular weight excluding hydrogens is 325 g/mol. The third-order valence-corrected chi connectivity index (χ3v) is 4.14. The summed E-state index contributed by atoms with van der Waals surface area (Å²) in [5.41, 5.74) is 2.30. The van der Waals surface area contributed by atoms with Gasteiger partial charge in [-0.15, -0.1) is 11.8 Å². The summed E-state index contributed by atoms with van der Waals surface area (Å²) in [6.07, 6.45) is 3.80. The van der Waals surface area contributed by atoms with Gasteiger partial charge in [-0.1, -0.05) is 53.5 Å². The second kappa shape index (κ2) is 7.46. The Morgan fingerprint density at radius 3 is 2.29 bits per heavy atom. The summed E-state index contributed by atoms with van der Waals surface area (Å²) in [5.74, 6) is 0. The summed E-state index contributed by atoms with van der Waals surface area (Å²) in [4.78, 5) is 0. The standard InChI is InChI=1S/C15H13Cl2N3S/c1-21-15(19-9-18)20-11-7-12(16)14(13(17)8-11)10-5-3-2-4-6-10/h2-8,15,19-20H,1H3. The molecule has 1 atom stereocenters. The molecule has 2 rings (SSSR count). The van der Waals surface area contributed by atoms with E-state index in [1.807, 2.05) is 42.8 Å². The van der Waals surface area contributed by atoms with Crippen LogP contribution in [0.1, 0.15) is 0 Å². The Morgan fingerprint density at radius 1 is 1.14 bits per heavy atom. The molecule has 21 heavy (non-hydrogen) atoms. The molecule has 0 saturated heterocycles. The van der Waals surface area contributed by atoms with E-state index in [0.29, 0.717) is 10.0 Å². The predicted octanol–water partition coefficient (Wildman–Crippen LogP) is 4.79. The van der Waals surface area contributed by atoms with Crippen molar-refractivity contribution in [1.82, 2.24) is 5.32 Å². The maximum atomic E-state index is 8.68. The van der Waals surface area contributed by atoms with Gasteiger partial charge in [0.15, 0.2) is 11.7 Å². The monoisotopic (exact) mass is 337 g/mol. The Balaban J connectivity index is 2.32. The van der Waals surface area contributed by atoms with Crippen molar-refractivity contribution in [3.63, 3.8) is 0 Å². The third kappa shape index (κ3) is 3.98. The Kier molecular flexibility index (Phi) is 5.63. The molecule has 0 fully saturated rings. The lowest BCUT2D eigenvalue weighted by molar-refractivity contribution is 0.885. The molecule has 108 valence electrons. The van der Waals surface area contributed by atoms with Crippen molar-refractivity contribution in [2.75, 3.05) is 11.6 Å². The molecule has 0 spiro atoms. The van der Waals surface area contributed by atoms with Crippen LogP contribution in [0.25, 0.3) is 11.1 Å². The molecular formula is C15H13Cl2N3S. The van der Waals surface area contributed by atoms with Gasteiger partial charge in [0.1, 0.15) is 0 Å². The Labute approximate surface area is 138 Å².